The van der Waals surface area contributed by atoms with Crippen molar-refractivity contribution in [2.24, 2.45) is 0 Å². The van der Waals surface area contributed by atoms with Crippen molar-refractivity contribution in [3.05, 3.63) is 59.9 Å². The lowest BCUT2D eigenvalue weighted by atomic mass is 10.1. The first-order valence-corrected chi connectivity index (χ1v) is 7.60. The molecule has 0 radical (unpaired) electrons. The molecule has 3 aromatic rings. The zero-order chi connectivity index (χ0) is 16.9. The van der Waals surface area contributed by atoms with Crippen LogP contribution in [-0.2, 0) is 0 Å². The SMILES string of the molecule is CCOc1ccc(C(=O)Nc2ccc(-c3nc(C)no3)cc2)cc1. The molecule has 0 aliphatic carbocycles. The van der Waals surface area contributed by atoms with Gasteiger partial charge in [-0.2, -0.15) is 4.98 Å². The van der Waals surface area contributed by atoms with Gasteiger partial charge in [-0.15, -0.1) is 0 Å². The molecule has 2 aromatic carbocycles. The summed E-state index contributed by atoms with van der Waals surface area (Å²) in [4.78, 5) is 16.4. The van der Waals surface area contributed by atoms with Crippen LogP contribution in [-0.4, -0.2) is 22.7 Å². The number of ether oxygens (including phenoxy) is 1. The minimum absolute atomic E-state index is 0.181. The summed E-state index contributed by atoms with van der Waals surface area (Å²) in [6.45, 7) is 4.27. The Kier molecular flexibility index (Phi) is 4.56. The van der Waals surface area contributed by atoms with E-state index >= 15 is 0 Å². The second-order valence-corrected chi connectivity index (χ2v) is 5.14. The van der Waals surface area contributed by atoms with Gasteiger partial charge in [-0.1, -0.05) is 5.16 Å². The van der Waals surface area contributed by atoms with Crippen molar-refractivity contribution in [3.8, 4) is 17.2 Å². The van der Waals surface area contributed by atoms with E-state index in [1.54, 1.807) is 43.3 Å². The van der Waals surface area contributed by atoms with Crippen LogP contribution in [0.1, 0.15) is 23.1 Å². The highest BCUT2D eigenvalue weighted by molar-refractivity contribution is 6.04. The second kappa shape index (κ2) is 6.95. The van der Waals surface area contributed by atoms with Crippen molar-refractivity contribution < 1.29 is 14.1 Å². The van der Waals surface area contributed by atoms with Crippen LogP contribution in [0.25, 0.3) is 11.5 Å². The minimum Gasteiger partial charge on any atom is -0.494 e. The van der Waals surface area contributed by atoms with E-state index in [0.29, 0.717) is 29.6 Å². The molecular formula is C18H17N3O3. The van der Waals surface area contributed by atoms with E-state index in [-0.39, 0.29) is 5.91 Å². The number of carbonyl (C=O) groups excluding carboxylic acids is 1. The molecule has 0 bridgehead atoms. The largest absolute Gasteiger partial charge is 0.494 e. The second-order valence-electron chi connectivity index (χ2n) is 5.14. The molecule has 1 N–H and O–H groups in total. The lowest BCUT2D eigenvalue weighted by Crippen LogP contribution is -2.11. The van der Waals surface area contributed by atoms with Gasteiger partial charge in [0.2, 0.25) is 0 Å². The summed E-state index contributed by atoms with van der Waals surface area (Å²) in [6.07, 6.45) is 0. The van der Waals surface area contributed by atoms with Crippen LogP contribution in [0, 0.1) is 6.92 Å². The van der Waals surface area contributed by atoms with Gasteiger partial charge in [0, 0.05) is 16.8 Å². The standard InChI is InChI=1S/C18H17N3O3/c1-3-23-16-10-6-13(7-11-16)17(22)20-15-8-4-14(5-9-15)18-19-12(2)21-24-18/h4-11H,3H2,1-2H3,(H,20,22). The van der Waals surface area contributed by atoms with Crippen molar-refractivity contribution in [1.82, 2.24) is 10.1 Å². The molecule has 6 nitrogen and oxygen atoms in total. The fraction of sp³-hybridized carbons (Fsp3) is 0.167. The number of rotatable bonds is 5. The van der Waals surface area contributed by atoms with Gasteiger partial charge in [-0.05, 0) is 62.4 Å². The molecule has 0 aliphatic heterocycles. The Balaban J connectivity index is 1.68. The van der Waals surface area contributed by atoms with Gasteiger partial charge < -0.3 is 14.6 Å². The fourth-order valence-corrected chi connectivity index (χ4v) is 2.18. The van der Waals surface area contributed by atoms with Crippen molar-refractivity contribution in [2.75, 3.05) is 11.9 Å². The number of nitrogens with zero attached hydrogens (tertiary/aromatic N) is 2. The molecule has 0 saturated heterocycles. The Morgan fingerprint density at radius 1 is 1.12 bits per heavy atom. The van der Waals surface area contributed by atoms with E-state index in [4.69, 9.17) is 9.26 Å². The summed E-state index contributed by atoms with van der Waals surface area (Å²) in [5.41, 5.74) is 2.05. The number of carbonyl (C=O) groups is 1. The van der Waals surface area contributed by atoms with Gasteiger partial charge in [0.25, 0.3) is 11.8 Å². The molecule has 24 heavy (non-hydrogen) atoms. The Hall–Kier alpha value is -3.15. The monoisotopic (exact) mass is 323 g/mol. The van der Waals surface area contributed by atoms with Gasteiger partial charge in [0.1, 0.15) is 5.75 Å². The van der Waals surface area contributed by atoms with Crippen LogP contribution in [0.2, 0.25) is 0 Å². The van der Waals surface area contributed by atoms with Crippen molar-refractivity contribution in [2.45, 2.75) is 13.8 Å². The van der Waals surface area contributed by atoms with Gasteiger partial charge in [0.15, 0.2) is 5.82 Å². The summed E-state index contributed by atoms with van der Waals surface area (Å²) >= 11 is 0. The Bertz CT molecular complexity index is 823. The van der Waals surface area contributed by atoms with E-state index in [0.717, 1.165) is 11.3 Å². The van der Waals surface area contributed by atoms with E-state index < -0.39 is 0 Å². The maximum atomic E-state index is 12.2. The molecule has 1 heterocycles. The smallest absolute Gasteiger partial charge is 0.257 e. The zero-order valence-corrected chi connectivity index (χ0v) is 13.4. The molecule has 0 saturated carbocycles. The molecule has 1 amide bonds. The van der Waals surface area contributed by atoms with Gasteiger partial charge in [0.05, 0.1) is 6.61 Å². The molecule has 0 aliphatic rings. The molecule has 0 fully saturated rings. The number of hydrogen-bond acceptors (Lipinski definition) is 5. The summed E-state index contributed by atoms with van der Waals surface area (Å²) in [5, 5.41) is 6.60. The first kappa shape index (κ1) is 15.7. The molecule has 1 aromatic heterocycles. The lowest BCUT2D eigenvalue weighted by molar-refractivity contribution is 0.102. The summed E-state index contributed by atoms with van der Waals surface area (Å²) < 4.78 is 10.5. The molecule has 6 heteroatoms. The molecule has 0 spiro atoms. The maximum absolute atomic E-state index is 12.2. The third-order valence-electron chi connectivity index (χ3n) is 3.34. The predicted octanol–water partition coefficient (Wildman–Crippen LogP) is 3.70. The number of anilines is 1. The highest BCUT2D eigenvalue weighted by Gasteiger charge is 2.09. The van der Waals surface area contributed by atoms with Crippen molar-refractivity contribution >= 4 is 11.6 Å². The molecule has 0 atom stereocenters. The quantitative estimate of drug-likeness (QED) is 0.774. The Morgan fingerprint density at radius 3 is 2.42 bits per heavy atom. The topological polar surface area (TPSA) is 77.2 Å². The Morgan fingerprint density at radius 2 is 1.83 bits per heavy atom. The number of amides is 1. The zero-order valence-electron chi connectivity index (χ0n) is 13.4. The van der Waals surface area contributed by atoms with Crippen LogP contribution in [0.15, 0.2) is 53.1 Å². The number of aromatic nitrogens is 2. The van der Waals surface area contributed by atoms with Gasteiger partial charge in [-0.25, -0.2) is 0 Å². The molecule has 3 rings (SSSR count). The highest BCUT2D eigenvalue weighted by Crippen LogP contribution is 2.20. The fourth-order valence-electron chi connectivity index (χ4n) is 2.18. The third-order valence-corrected chi connectivity index (χ3v) is 3.34. The summed E-state index contributed by atoms with van der Waals surface area (Å²) in [7, 11) is 0. The summed E-state index contributed by atoms with van der Waals surface area (Å²) in [5.74, 6) is 1.60. The minimum atomic E-state index is -0.181. The Labute approximate surface area is 139 Å². The van der Waals surface area contributed by atoms with Crippen molar-refractivity contribution in [3.63, 3.8) is 0 Å². The van der Waals surface area contributed by atoms with E-state index in [2.05, 4.69) is 15.5 Å². The third kappa shape index (κ3) is 3.60. The van der Waals surface area contributed by atoms with E-state index in [1.807, 2.05) is 19.1 Å². The van der Waals surface area contributed by atoms with Crippen LogP contribution in [0.5, 0.6) is 5.75 Å². The molecule has 122 valence electrons. The van der Waals surface area contributed by atoms with Crippen LogP contribution >= 0.6 is 0 Å². The normalized spacial score (nSPS) is 10.4. The average molecular weight is 323 g/mol. The molecule has 0 unspecified atom stereocenters. The first-order chi connectivity index (χ1) is 11.7. The van der Waals surface area contributed by atoms with Crippen LogP contribution in [0.4, 0.5) is 5.69 Å². The van der Waals surface area contributed by atoms with Crippen LogP contribution in [0.3, 0.4) is 0 Å². The van der Waals surface area contributed by atoms with Gasteiger partial charge >= 0.3 is 0 Å². The van der Waals surface area contributed by atoms with E-state index in [9.17, 15) is 4.79 Å². The van der Waals surface area contributed by atoms with Crippen LogP contribution < -0.4 is 10.1 Å². The molecular weight excluding hydrogens is 306 g/mol. The lowest BCUT2D eigenvalue weighted by Gasteiger charge is -2.07. The predicted molar refractivity (Wildman–Crippen MR) is 90.0 cm³/mol. The van der Waals surface area contributed by atoms with Crippen molar-refractivity contribution in [1.29, 1.82) is 0 Å². The number of benzene rings is 2. The highest BCUT2D eigenvalue weighted by atomic mass is 16.5. The average Bonchev–Trinajstić information content (AvgIpc) is 3.03. The number of nitrogens with one attached hydrogen (secondary N) is 1. The van der Waals surface area contributed by atoms with Gasteiger partial charge in [-0.3, -0.25) is 4.79 Å². The first-order valence-electron chi connectivity index (χ1n) is 7.60. The number of hydrogen-bond donors (Lipinski definition) is 1. The maximum Gasteiger partial charge on any atom is 0.257 e. The van der Waals surface area contributed by atoms with E-state index in [1.165, 1.54) is 0 Å². The number of aryl methyl sites for hydroxylation is 1. The summed E-state index contributed by atoms with van der Waals surface area (Å²) in [6, 6.07) is 14.2.